The molecule has 0 fully saturated rings. The molecule has 1 aromatic carbocycles. The second-order valence-corrected chi connectivity index (χ2v) is 6.58. The molecule has 0 heterocycles. The minimum absolute atomic E-state index is 0.123. The molecule has 1 rings (SSSR count). The van der Waals surface area contributed by atoms with E-state index >= 15 is 0 Å². The molecular weight excluding hydrogens is 281 g/mol. The lowest BCUT2D eigenvalue weighted by atomic mass is 10.1. The Balaban J connectivity index is 2.35. The smallest absolute Gasteiger partial charge is 0.139 e. The fourth-order valence-electron chi connectivity index (χ4n) is 1.70. The van der Waals surface area contributed by atoms with Gasteiger partial charge in [0.15, 0.2) is 0 Å². The fraction of sp³-hybridized carbons (Fsp3) is 0.600. The number of ether oxygens (including phenoxy) is 1. The molecule has 4 heteroatoms. The number of nitrogens with one attached hydrogen (secondary N) is 1. The van der Waals surface area contributed by atoms with Gasteiger partial charge in [-0.15, -0.1) is 0 Å². The minimum atomic E-state index is 0.123. The number of halogens is 2. The van der Waals surface area contributed by atoms with E-state index in [0.717, 1.165) is 19.4 Å². The van der Waals surface area contributed by atoms with Gasteiger partial charge in [0.1, 0.15) is 10.8 Å². The van der Waals surface area contributed by atoms with E-state index in [1.165, 1.54) is 0 Å². The van der Waals surface area contributed by atoms with Crippen LogP contribution < -0.4 is 10.1 Å². The maximum atomic E-state index is 6.09. The number of hydrogen-bond donors (Lipinski definition) is 1. The van der Waals surface area contributed by atoms with Gasteiger partial charge in [-0.2, -0.15) is 0 Å². The minimum Gasteiger partial charge on any atom is -0.489 e. The summed E-state index contributed by atoms with van der Waals surface area (Å²) in [7, 11) is 0. The first-order valence-electron chi connectivity index (χ1n) is 6.65. The standard InChI is InChI=1S/C15H23Cl2NO/c1-11(7-6-10-18-15(2,3)4)19-13-9-5-8-12(16)14(13)17/h5,8-9,11,18H,6-7,10H2,1-4H3. The maximum absolute atomic E-state index is 6.09. The van der Waals surface area contributed by atoms with Gasteiger partial charge in [0.2, 0.25) is 0 Å². The van der Waals surface area contributed by atoms with E-state index in [4.69, 9.17) is 27.9 Å². The summed E-state index contributed by atoms with van der Waals surface area (Å²) in [6, 6.07) is 5.45. The molecule has 0 bridgehead atoms. The molecule has 0 saturated carbocycles. The van der Waals surface area contributed by atoms with Crippen LogP contribution in [0.25, 0.3) is 0 Å². The van der Waals surface area contributed by atoms with Crippen LogP contribution in [0.3, 0.4) is 0 Å². The molecule has 0 aromatic heterocycles. The first-order valence-corrected chi connectivity index (χ1v) is 7.41. The van der Waals surface area contributed by atoms with E-state index in [9.17, 15) is 0 Å². The van der Waals surface area contributed by atoms with E-state index < -0.39 is 0 Å². The normalized spacial score (nSPS) is 13.4. The molecule has 108 valence electrons. The lowest BCUT2D eigenvalue weighted by molar-refractivity contribution is 0.206. The maximum Gasteiger partial charge on any atom is 0.139 e. The zero-order valence-electron chi connectivity index (χ0n) is 12.1. The van der Waals surface area contributed by atoms with Crippen molar-refractivity contribution in [3.8, 4) is 5.75 Å². The Bertz CT molecular complexity index is 402. The number of rotatable bonds is 6. The van der Waals surface area contributed by atoms with Crippen molar-refractivity contribution in [3.05, 3.63) is 28.2 Å². The SMILES string of the molecule is CC(CCCNC(C)(C)C)Oc1cccc(Cl)c1Cl. The van der Waals surface area contributed by atoms with Crippen molar-refractivity contribution >= 4 is 23.2 Å². The Hall–Kier alpha value is -0.440. The second kappa shape index (κ2) is 7.37. The molecule has 0 aliphatic heterocycles. The third-order valence-corrected chi connectivity index (χ3v) is 3.49. The predicted molar refractivity (Wildman–Crippen MR) is 83.5 cm³/mol. The molecule has 0 radical (unpaired) electrons. The molecule has 0 aliphatic carbocycles. The first-order chi connectivity index (χ1) is 8.79. The van der Waals surface area contributed by atoms with Crippen molar-refractivity contribution in [3.63, 3.8) is 0 Å². The van der Waals surface area contributed by atoms with Crippen LogP contribution in [-0.4, -0.2) is 18.2 Å². The van der Waals surface area contributed by atoms with Gasteiger partial charge in [0.05, 0.1) is 11.1 Å². The molecule has 2 nitrogen and oxygen atoms in total. The quantitative estimate of drug-likeness (QED) is 0.752. The second-order valence-electron chi connectivity index (χ2n) is 5.80. The third-order valence-electron chi connectivity index (χ3n) is 2.69. The molecule has 1 atom stereocenters. The summed E-state index contributed by atoms with van der Waals surface area (Å²) in [5, 5.41) is 4.48. The van der Waals surface area contributed by atoms with Gasteiger partial charge in [-0.05, 0) is 59.2 Å². The Labute approximate surface area is 126 Å². The van der Waals surface area contributed by atoms with Gasteiger partial charge in [-0.25, -0.2) is 0 Å². The highest BCUT2D eigenvalue weighted by Crippen LogP contribution is 2.32. The van der Waals surface area contributed by atoms with Gasteiger partial charge in [0, 0.05) is 5.54 Å². The monoisotopic (exact) mass is 303 g/mol. The summed E-state index contributed by atoms with van der Waals surface area (Å²) in [5.74, 6) is 0.658. The van der Waals surface area contributed by atoms with Crippen LogP contribution in [0.2, 0.25) is 10.0 Å². The molecule has 1 N–H and O–H groups in total. The van der Waals surface area contributed by atoms with Crippen LogP contribution in [0.4, 0.5) is 0 Å². The van der Waals surface area contributed by atoms with Gasteiger partial charge < -0.3 is 10.1 Å². The summed E-state index contributed by atoms with van der Waals surface area (Å²) in [6.45, 7) is 9.53. The highest BCUT2D eigenvalue weighted by atomic mass is 35.5. The van der Waals surface area contributed by atoms with Crippen molar-refractivity contribution in [2.75, 3.05) is 6.54 Å². The topological polar surface area (TPSA) is 21.3 Å². The Morgan fingerprint density at radius 3 is 2.58 bits per heavy atom. The number of hydrogen-bond acceptors (Lipinski definition) is 2. The average Bonchev–Trinajstić information content (AvgIpc) is 2.29. The van der Waals surface area contributed by atoms with Crippen LogP contribution in [0.15, 0.2) is 18.2 Å². The van der Waals surface area contributed by atoms with Crippen molar-refractivity contribution in [1.29, 1.82) is 0 Å². The molecule has 1 aromatic rings. The molecular formula is C15H23Cl2NO. The number of benzene rings is 1. The largest absolute Gasteiger partial charge is 0.489 e. The highest BCUT2D eigenvalue weighted by Gasteiger charge is 2.11. The molecule has 0 aliphatic rings. The van der Waals surface area contributed by atoms with Crippen LogP contribution in [0.5, 0.6) is 5.75 Å². The van der Waals surface area contributed by atoms with Crippen molar-refractivity contribution in [2.24, 2.45) is 0 Å². The zero-order chi connectivity index (χ0) is 14.5. The zero-order valence-corrected chi connectivity index (χ0v) is 13.6. The van der Waals surface area contributed by atoms with Crippen LogP contribution in [-0.2, 0) is 0 Å². The molecule has 0 saturated heterocycles. The lowest BCUT2D eigenvalue weighted by Gasteiger charge is -2.21. The van der Waals surface area contributed by atoms with Crippen LogP contribution in [0.1, 0.15) is 40.5 Å². The first kappa shape index (κ1) is 16.6. The Morgan fingerprint density at radius 2 is 1.95 bits per heavy atom. The lowest BCUT2D eigenvalue weighted by Crippen LogP contribution is -2.36. The molecule has 0 spiro atoms. The third kappa shape index (κ3) is 6.51. The van der Waals surface area contributed by atoms with Gasteiger partial charge in [0.25, 0.3) is 0 Å². The van der Waals surface area contributed by atoms with E-state index in [2.05, 4.69) is 26.1 Å². The summed E-state index contributed by atoms with van der Waals surface area (Å²) in [4.78, 5) is 0. The molecule has 0 amide bonds. The van der Waals surface area contributed by atoms with Crippen LogP contribution in [0, 0.1) is 0 Å². The van der Waals surface area contributed by atoms with Crippen molar-refractivity contribution in [1.82, 2.24) is 5.32 Å². The average molecular weight is 304 g/mol. The van der Waals surface area contributed by atoms with Crippen molar-refractivity contribution < 1.29 is 4.74 Å². The van der Waals surface area contributed by atoms with E-state index in [-0.39, 0.29) is 11.6 Å². The van der Waals surface area contributed by atoms with Gasteiger partial charge in [-0.3, -0.25) is 0 Å². The van der Waals surface area contributed by atoms with E-state index in [0.29, 0.717) is 15.8 Å². The summed E-state index contributed by atoms with van der Waals surface area (Å²) in [6.07, 6.45) is 2.17. The Kier molecular flexibility index (Phi) is 6.45. The Morgan fingerprint density at radius 1 is 1.26 bits per heavy atom. The molecule has 19 heavy (non-hydrogen) atoms. The fourth-order valence-corrected chi connectivity index (χ4v) is 2.04. The van der Waals surface area contributed by atoms with Gasteiger partial charge in [-0.1, -0.05) is 29.3 Å². The van der Waals surface area contributed by atoms with E-state index in [1.54, 1.807) is 6.07 Å². The van der Waals surface area contributed by atoms with E-state index in [1.807, 2.05) is 19.1 Å². The predicted octanol–water partition coefficient (Wildman–Crippen LogP) is 4.93. The van der Waals surface area contributed by atoms with Crippen molar-refractivity contribution in [2.45, 2.75) is 52.2 Å². The summed E-state index contributed by atoms with van der Waals surface area (Å²) in [5.41, 5.74) is 0.167. The summed E-state index contributed by atoms with van der Waals surface area (Å²) >= 11 is 12.0. The molecule has 1 unspecified atom stereocenters. The van der Waals surface area contributed by atoms with Gasteiger partial charge >= 0.3 is 0 Å². The highest BCUT2D eigenvalue weighted by molar-refractivity contribution is 6.42. The summed E-state index contributed by atoms with van der Waals surface area (Å²) < 4.78 is 5.81. The van der Waals surface area contributed by atoms with Crippen LogP contribution >= 0.6 is 23.2 Å².